The molecule has 5 rings (SSSR count). The van der Waals surface area contributed by atoms with Crippen molar-refractivity contribution >= 4 is 23.9 Å². The van der Waals surface area contributed by atoms with E-state index in [9.17, 15) is 19.2 Å². The topological polar surface area (TPSA) is 106 Å². The third kappa shape index (κ3) is 7.06. The lowest BCUT2D eigenvalue weighted by molar-refractivity contribution is -0.155. The summed E-state index contributed by atoms with van der Waals surface area (Å²) in [5, 5.41) is 0. The number of carbonyl (C=O) groups excluding carboxylic acids is 4. The summed E-state index contributed by atoms with van der Waals surface area (Å²) < 4.78 is 16.5. The first-order valence-corrected chi connectivity index (χ1v) is 15.8. The van der Waals surface area contributed by atoms with Crippen LogP contribution in [0, 0.1) is 5.92 Å². The van der Waals surface area contributed by atoms with Crippen molar-refractivity contribution in [1.82, 2.24) is 14.7 Å². The second-order valence-corrected chi connectivity index (χ2v) is 12.0. The van der Waals surface area contributed by atoms with Crippen LogP contribution in [0.1, 0.15) is 49.1 Å². The van der Waals surface area contributed by atoms with Crippen molar-refractivity contribution in [3.63, 3.8) is 0 Å². The van der Waals surface area contributed by atoms with E-state index in [2.05, 4.69) is 30.8 Å². The molecule has 0 aromatic heterocycles. The molecule has 10 heteroatoms. The number of morpholine rings is 1. The average molecular weight is 618 g/mol. The molecule has 1 unspecified atom stereocenters. The van der Waals surface area contributed by atoms with Gasteiger partial charge in [-0.25, -0.2) is 4.79 Å². The van der Waals surface area contributed by atoms with Gasteiger partial charge < -0.3 is 24.0 Å². The largest absolute Gasteiger partial charge is 0.461 e. The number of hydrogen-bond acceptors (Lipinski definition) is 7. The van der Waals surface area contributed by atoms with E-state index in [1.54, 1.807) is 11.9 Å². The third-order valence-corrected chi connectivity index (χ3v) is 9.29. The van der Waals surface area contributed by atoms with Crippen LogP contribution in [0.15, 0.2) is 61.2 Å². The second kappa shape index (κ2) is 14.7. The molecule has 3 aliphatic rings. The van der Waals surface area contributed by atoms with Crippen LogP contribution in [0.2, 0.25) is 0 Å². The first kappa shape index (κ1) is 32.2. The molecule has 2 fully saturated rings. The number of likely N-dealkylation sites (N-methyl/N-ethyl adjacent to an activating group) is 2. The Labute approximate surface area is 264 Å². The molecule has 240 valence electrons. The van der Waals surface area contributed by atoms with Crippen LogP contribution in [0.3, 0.4) is 0 Å². The van der Waals surface area contributed by atoms with Crippen LogP contribution in [-0.4, -0.2) is 104 Å². The molecule has 0 bridgehead atoms. The summed E-state index contributed by atoms with van der Waals surface area (Å²) in [5.74, 6) is -1.57. The summed E-state index contributed by atoms with van der Waals surface area (Å²) >= 11 is 0. The highest BCUT2D eigenvalue weighted by Gasteiger charge is 2.43. The predicted octanol–water partition coefficient (Wildman–Crippen LogP) is 4.23. The van der Waals surface area contributed by atoms with Crippen molar-refractivity contribution in [2.45, 2.75) is 50.1 Å². The Morgan fingerprint density at radius 1 is 0.933 bits per heavy atom. The molecule has 0 N–H and O–H groups in total. The van der Waals surface area contributed by atoms with Crippen LogP contribution in [-0.2, 0) is 28.6 Å². The van der Waals surface area contributed by atoms with Gasteiger partial charge in [0.2, 0.25) is 11.8 Å². The lowest BCUT2D eigenvalue weighted by Gasteiger charge is -2.38. The maximum absolute atomic E-state index is 14.3. The molecule has 1 aliphatic heterocycles. The lowest BCUT2D eigenvalue weighted by atomic mass is 9.95. The molecular weight excluding hydrogens is 574 g/mol. The van der Waals surface area contributed by atoms with Crippen molar-refractivity contribution in [3.05, 3.63) is 72.3 Å². The maximum Gasteiger partial charge on any atom is 0.410 e. The third-order valence-electron chi connectivity index (χ3n) is 9.29. The average Bonchev–Trinajstić information content (AvgIpc) is 3.71. The number of rotatable bonds is 11. The van der Waals surface area contributed by atoms with Crippen molar-refractivity contribution < 1.29 is 33.4 Å². The normalized spacial score (nSPS) is 17.5. The van der Waals surface area contributed by atoms with E-state index in [-0.39, 0.29) is 37.4 Å². The highest BCUT2D eigenvalue weighted by atomic mass is 16.6. The van der Waals surface area contributed by atoms with E-state index in [0.717, 1.165) is 47.9 Å². The standard InChI is InChI=1S/C35H43N3O7/c1-4-19-44-31(39)22-30(33(40)38-17-20-43-21-18-38)36(2)34(41)32(24-11-5-6-12-24)37(3)35(42)45-23-29-27-15-9-7-13-25(27)26-14-8-10-16-28(26)29/h4,7-10,13-16,24,29-30,32H,1,5-6,11-12,17-23H2,2-3H3/t30?,32-/m0/s1. The van der Waals surface area contributed by atoms with E-state index >= 15 is 0 Å². The van der Waals surface area contributed by atoms with Crippen molar-refractivity contribution in [2.24, 2.45) is 5.92 Å². The van der Waals surface area contributed by atoms with Gasteiger partial charge in [0.15, 0.2) is 0 Å². The van der Waals surface area contributed by atoms with Gasteiger partial charge in [-0.1, -0.05) is 74.0 Å². The van der Waals surface area contributed by atoms with Crippen molar-refractivity contribution in [2.75, 3.05) is 53.6 Å². The summed E-state index contributed by atoms with van der Waals surface area (Å²) in [6.07, 6.45) is 3.98. The van der Waals surface area contributed by atoms with Gasteiger partial charge in [0.25, 0.3) is 0 Å². The minimum atomic E-state index is -1.09. The van der Waals surface area contributed by atoms with E-state index in [1.165, 1.54) is 22.9 Å². The minimum Gasteiger partial charge on any atom is -0.461 e. The number of hydrogen-bond donors (Lipinski definition) is 0. The molecule has 45 heavy (non-hydrogen) atoms. The number of fused-ring (bicyclic) bond motifs is 3. The van der Waals surface area contributed by atoms with Crippen molar-refractivity contribution in [3.8, 4) is 11.1 Å². The number of ether oxygens (including phenoxy) is 3. The molecule has 2 aromatic rings. The zero-order valence-electron chi connectivity index (χ0n) is 26.2. The van der Waals surface area contributed by atoms with Gasteiger partial charge in [0.05, 0.1) is 19.6 Å². The van der Waals surface area contributed by atoms with Gasteiger partial charge in [-0.2, -0.15) is 0 Å². The van der Waals surface area contributed by atoms with Gasteiger partial charge in [-0.15, -0.1) is 0 Å². The zero-order chi connectivity index (χ0) is 31.9. The molecule has 0 spiro atoms. The van der Waals surface area contributed by atoms with Crippen LogP contribution < -0.4 is 0 Å². The van der Waals surface area contributed by atoms with Crippen LogP contribution >= 0.6 is 0 Å². The Morgan fingerprint density at radius 2 is 1.53 bits per heavy atom. The monoisotopic (exact) mass is 617 g/mol. The van der Waals surface area contributed by atoms with Crippen LogP contribution in [0.5, 0.6) is 0 Å². The number of nitrogens with zero attached hydrogens (tertiary/aromatic N) is 3. The molecule has 2 aliphatic carbocycles. The van der Waals surface area contributed by atoms with E-state index in [0.29, 0.717) is 26.3 Å². The second-order valence-electron chi connectivity index (χ2n) is 12.0. The highest BCUT2D eigenvalue weighted by molar-refractivity contribution is 5.93. The number of carbonyl (C=O) groups is 4. The molecule has 1 heterocycles. The smallest absolute Gasteiger partial charge is 0.410 e. The van der Waals surface area contributed by atoms with Crippen LogP contribution in [0.4, 0.5) is 4.79 Å². The molecule has 3 amide bonds. The quantitative estimate of drug-likeness (QED) is 0.275. The van der Waals surface area contributed by atoms with Gasteiger partial charge >= 0.3 is 12.1 Å². The Bertz CT molecular complexity index is 1350. The Balaban J connectivity index is 1.34. The Kier molecular flexibility index (Phi) is 10.5. The minimum absolute atomic E-state index is 0.00415. The fourth-order valence-electron chi connectivity index (χ4n) is 6.88. The lowest BCUT2D eigenvalue weighted by Crippen LogP contribution is -2.58. The molecule has 10 nitrogen and oxygen atoms in total. The number of amides is 3. The van der Waals surface area contributed by atoms with Gasteiger partial charge in [0, 0.05) is 33.1 Å². The van der Waals surface area contributed by atoms with Gasteiger partial charge in [-0.05, 0) is 41.0 Å². The van der Waals surface area contributed by atoms with Crippen LogP contribution in [0.25, 0.3) is 11.1 Å². The Morgan fingerprint density at radius 3 is 2.13 bits per heavy atom. The highest BCUT2D eigenvalue weighted by Crippen LogP contribution is 2.44. The predicted molar refractivity (Wildman–Crippen MR) is 168 cm³/mol. The summed E-state index contributed by atoms with van der Waals surface area (Å²) in [6.45, 7) is 5.20. The first-order valence-electron chi connectivity index (χ1n) is 15.8. The zero-order valence-corrected chi connectivity index (χ0v) is 26.2. The summed E-state index contributed by atoms with van der Waals surface area (Å²) in [7, 11) is 3.12. The first-order chi connectivity index (χ1) is 21.8. The molecule has 0 radical (unpaired) electrons. The molecular formula is C35H43N3O7. The SMILES string of the molecule is C=CCOC(=O)CC(C(=O)N1CCOCC1)N(C)C(=O)[C@H](C1CCCC1)N(C)C(=O)OCC1c2ccccc2-c2ccccc21. The maximum atomic E-state index is 14.3. The molecule has 2 atom stereocenters. The molecule has 2 aromatic carbocycles. The summed E-state index contributed by atoms with van der Waals surface area (Å²) in [5.41, 5.74) is 4.46. The van der Waals surface area contributed by atoms with Crippen molar-refractivity contribution in [1.29, 1.82) is 0 Å². The fourth-order valence-corrected chi connectivity index (χ4v) is 6.88. The van der Waals surface area contributed by atoms with E-state index in [1.807, 2.05) is 24.3 Å². The summed E-state index contributed by atoms with van der Waals surface area (Å²) in [6, 6.07) is 14.3. The fraction of sp³-hybridized carbons (Fsp3) is 0.486. The number of benzene rings is 2. The number of esters is 1. The Hall–Kier alpha value is -4.18. The van der Waals surface area contributed by atoms with E-state index in [4.69, 9.17) is 14.2 Å². The van der Waals surface area contributed by atoms with E-state index < -0.39 is 30.1 Å². The molecule has 1 saturated carbocycles. The van der Waals surface area contributed by atoms with Gasteiger partial charge in [0.1, 0.15) is 25.3 Å². The molecule has 1 saturated heterocycles. The summed E-state index contributed by atoms with van der Waals surface area (Å²) in [4.78, 5) is 58.7. The van der Waals surface area contributed by atoms with Gasteiger partial charge in [-0.3, -0.25) is 19.3 Å².